The molecule has 1 aromatic rings. The summed E-state index contributed by atoms with van der Waals surface area (Å²) in [6.07, 6.45) is 1.45. The molecule has 0 radical (unpaired) electrons. The van der Waals surface area contributed by atoms with Crippen LogP contribution in [0.15, 0.2) is 24.3 Å². The van der Waals surface area contributed by atoms with Crippen molar-refractivity contribution in [3.05, 3.63) is 29.8 Å². The molecule has 1 rings (SSSR count). The maximum Gasteiger partial charge on any atom is 0.307 e. The summed E-state index contributed by atoms with van der Waals surface area (Å²) in [5.74, 6) is 0.619. The second kappa shape index (κ2) is 8.03. The molecule has 118 valence electrons. The third-order valence-electron chi connectivity index (χ3n) is 3.35. The van der Waals surface area contributed by atoms with E-state index in [4.69, 9.17) is 9.47 Å². The molecule has 1 unspecified atom stereocenters. The molecule has 0 aliphatic heterocycles. The number of methoxy groups -OCH3 is 1. The summed E-state index contributed by atoms with van der Waals surface area (Å²) in [5, 5.41) is 3.45. The van der Waals surface area contributed by atoms with E-state index in [-0.39, 0.29) is 12.1 Å². The first-order valence-electron chi connectivity index (χ1n) is 7.50. The highest BCUT2D eigenvalue weighted by Crippen LogP contribution is 2.27. The van der Waals surface area contributed by atoms with E-state index in [1.165, 1.54) is 7.11 Å². The van der Waals surface area contributed by atoms with Gasteiger partial charge in [0, 0.05) is 0 Å². The molecule has 1 aromatic carbocycles. The summed E-state index contributed by atoms with van der Waals surface area (Å²) < 4.78 is 10.5. The average molecular weight is 293 g/mol. The minimum atomic E-state index is -0.431. The Morgan fingerprint density at radius 1 is 1.29 bits per heavy atom. The molecule has 0 aliphatic carbocycles. The molecule has 0 amide bonds. The van der Waals surface area contributed by atoms with Gasteiger partial charge >= 0.3 is 5.97 Å². The van der Waals surface area contributed by atoms with Crippen molar-refractivity contribution >= 4 is 5.97 Å². The first kappa shape index (κ1) is 17.5. The molecular weight excluding hydrogens is 266 g/mol. The van der Waals surface area contributed by atoms with Gasteiger partial charge in [0.25, 0.3) is 0 Å². The van der Waals surface area contributed by atoms with Crippen molar-refractivity contribution in [3.8, 4) is 5.75 Å². The normalized spacial score (nSPS) is 13.8. The Morgan fingerprint density at radius 3 is 2.38 bits per heavy atom. The van der Waals surface area contributed by atoms with Crippen LogP contribution in [0.2, 0.25) is 0 Å². The summed E-state index contributed by atoms with van der Waals surface area (Å²) >= 11 is 0. The summed E-state index contributed by atoms with van der Waals surface area (Å²) in [4.78, 5) is 11.7. The number of hydrogen-bond acceptors (Lipinski definition) is 4. The van der Waals surface area contributed by atoms with E-state index in [9.17, 15) is 4.79 Å². The van der Waals surface area contributed by atoms with Crippen molar-refractivity contribution in [3.63, 3.8) is 0 Å². The number of hydrogen-bond donors (Lipinski definition) is 1. The van der Waals surface area contributed by atoms with Crippen LogP contribution in [0.4, 0.5) is 0 Å². The van der Waals surface area contributed by atoms with Gasteiger partial charge in [0.1, 0.15) is 5.75 Å². The SMILES string of the molecule is CCCNC(C)(CC(=O)OC)c1ccc(OC(C)C)cc1. The second-order valence-corrected chi connectivity index (χ2v) is 5.70. The van der Waals surface area contributed by atoms with Gasteiger partial charge in [0.05, 0.1) is 25.2 Å². The molecule has 0 bridgehead atoms. The lowest BCUT2D eigenvalue weighted by Crippen LogP contribution is -2.42. The first-order valence-corrected chi connectivity index (χ1v) is 7.50. The number of carbonyl (C=O) groups excluding carboxylic acids is 1. The van der Waals surface area contributed by atoms with Crippen molar-refractivity contribution < 1.29 is 14.3 Å². The average Bonchev–Trinajstić information content (AvgIpc) is 2.45. The van der Waals surface area contributed by atoms with Crippen molar-refractivity contribution in [2.24, 2.45) is 0 Å². The predicted octanol–water partition coefficient (Wildman–Crippen LogP) is 3.25. The summed E-state index contributed by atoms with van der Waals surface area (Å²) in [6.45, 7) is 8.97. The zero-order valence-electron chi connectivity index (χ0n) is 13.7. The van der Waals surface area contributed by atoms with Gasteiger partial charge in [-0.05, 0) is 51.4 Å². The van der Waals surface area contributed by atoms with Crippen LogP contribution in [0.5, 0.6) is 5.75 Å². The third kappa shape index (κ3) is 5.38. The van der Waals surface area contributed by atoms with Gasteiger partial charge in [-0.25, -0.2) is 0 Å². The van der Waals surface area contributed by atoms with E-state index in [0.717, 1.165) is 24.3 Å². The van der Waals surface area contributed by atoms with Gasteiger partial charge in [0.2, 0.25) is 0 Å². The van der Waals surface area contributed by atoms with E-state index >= 15 is 0 Å². The molecule has 0 saturated carbocycles. The molecule has 4 heteroatoms. The van der Waals surface area contributed by atoms with Gasteiger partial charge in [-0.1, -0.05) is 19.1 Å². The molecule has 0 fully saturated rings. The molecule has 1 N–H and O–H groups in total. The molecule has 21 heavy (non-hydrogen) atoms. The molecule has 0 spiro atoms. The Balaban J connectivity index is 2.93. The van der Waals surface area contributed by atoms with Crippen LogP contribution >= 0.6 is 0 Å². The fraction of sp³-hybridized carbons (Fsp3) is 0.588. The van der Waals surface area contributed by atoms with Crippen LogP contribution in [0.3, 0.4) is 0 Å². The molecule has 4 nitrogen and oxygen atoms in total. The third-order valence-corrected chi connectivity index (χ3v) is 3.35. The number of carbonyl (C=O) groups is 1. The van der Waals surface area contributed by atoms with Crippen LogP contribution in [-0.4, -0.2) is 25.7 Å². The van der Waals surface area contributed by atoms with Crippen molar-refractivity contribution in [1.29, 1.82) is 0 Å². The highest BCUT2D eigenvalue weighted by molar-refractivity contribution is 5.71. The summed E-state index contributed by atoms with van der Waals surface area (Å²) in [6, 6.07) is 7.89. The summed E-state index contributed by atoms with van der Waals surface area (Å²) in [5.41, 5.74) is 0.622. The van der Waals surface area contributed by atoms with E-state index in [1.807, 2.05) is 45.0 Å². The Bertz CT molecular complexity index is 442. The van der Waals surface area contributed by atoms with E-state index < -0.39 is 5.54 Å². The lowest BCUT2D eigenvalue weighted by atomic mass is 9.88. The zero-order chi connectivity index (χ0) is 15.9. The largest absolute Gasteiger partial charge is 0.491 e. The van der Waals surface area contributed by atoms with Crippen LogP contribution in [-0.2, 0) is 15.1 Å². The van der Waals surface area contributed by atoms with E-state index in [2.05, 4.69) is 12.2 Å². The van der Waals surface area contributed by atoms with Gasteiger partial charge < -0.3 is 14.8 Å². The van der Waals surface area contributed by atoms with Crippen molar-refractivity contribution in [2.45, 2.75) is 52.2 Å². The lowest BCUT2D eigenvalue weighted by Gasteiger charge is -2.30. The predicted molar refractivity (Wildman–Crippen MR) is 84.5 cm³/mol. The van der Waals surface area contributed by atoms with Gasteiger partial charge in [-0.2, -0.15) is 0 Å². The molecular formula is C17H27NO3. The molecule has 0 aromatic heterocycles. The number of benzene rings is 1. The minimum absolute atomic E-state index is 0.149. The first-order chi connectivity index (χ1) is 9.91. The minimum Gasteiger partial charge on any atom is -0.491 e. The molecule has 1 atom stereocenters. The number of nitrogens with one attached hydrogen (secondary N) is 1. The van der Waals surface area contributed by atoms with Crippen LogP contribution in [0, 0.1) is 0 Å². The Hall–Kier alpha value is -1.55. The van der Waals surface area contributed by atoms with Crippen LogP contribution in [0.25, 0.3) is 0 Å². The topological polar surface area (TPSA) is 47.6 Å². The van der Waals surface area contributed by atoms with Gasteiger partial charge in [-0.3, -0.25) is 4.79 Å². The smallest absolute Gasteiger partial charge is 0.307 e. The summed E-state index contributed by atoms with van der Waals surface area (Å²) in [7, 11) is 1.42. The van der Waals surface area contributed by atoms with Crippen LogP contribution in [0.1, 0.15) is 46.1 Å². The standard InChI is InChI=1S/C17H27NO3/c1-6-11-18-17(4,12-16(19)20-5)14-7-9-15(10-8-14)21-13(2)3/h7-10,13,18H,6,11-12H2,1-5H3. The lowest BCUT2D eigenvalue weighted by molar-refractivity contribution is -0.142. The van der Waals surface area contributed by atoms with Crippen molar-refractivity contribution in [1.82, 2.24) is 5.32 Å². The van der Waals surface area contributed by atoms with E-state index in [0.29, 0.717) is 6.42 Å². The highest BCUT2D eigenvalue weighted by atomic mass is 16.5. The fourth-order valence-corrected chi connectivity index (χ4v) is 2.20. The molecule has 0 aliphatic rings. The Morgan fingerprint density at radius 2 is 1.90 bits per heavy atom. The molecule has 0 saturated heterocycles. The van der Waals surface area contributed by atoms with E-state index in [1.54, 1.807) is 0 Å². The Labute approximate surface area is 127 Å². The second-order valence-electron chi connectivity index (χ2n) is 5.70. The zero-order valence-corrected chi connectivity index (χ0v) is 13.7. The maximum atomic E-state index is 11.7. The number of rotatable bonds is 8. The van der Waals surface area contributed by atoms with Crippen LogP contribution < -0.4 is 10.1 Å². The van der Waals surface area contributed by atoms with Crippen molar-refractivity contribution in [2.75, 3.05) is 13.7 Å². The number of esters is 1. The number of ether oxygens (including phenoxy) is 2. The Kier molecular flexibility index (Phi) is 6.69. The fourth-order valence-electron chi connectivity index (χ4n) is 2.20. The quantitative estimate of drug-likeness (QED) is 0.747. The molecule has 0 heterocycles. The van der Waals surface area contributed by atoms with Gasteiger partial charge in [-0.15, -0.1) is 0 Å². The monoisotopic (exact) mass is 293 g/mol. The highest BCUT2D eigenvalue weighted by Gasteiger charge is 2.29. The maximum absolute atomic E-state index is 11.7. The van der Waals surface area contributed by atoms with Gasteiger partial charge in [0.15, 0.2) is 0 Å².